The molecule has 7 heteroatoms. The first kappa shape index (κ1) is 19.0. The van der Waals surface area contributed by atoms with Crippen molar-refractivity contribution in [2.45, 2.75) is 20.3 Å². The van der Waals surface area contributed by atoms with E-state index in [4.69, 9.17) is 4.42 Å². The summed E-state index contributed by atoms with van der Waals surface area (Å²) < 4.78 is 5.57. The molecule has 0 unspecified atom stereocenters. The number of carbonyl (C=O) groups is 1. The van der Waals surface area contributed by atoms with Crippen molar-refractivity contribution in [1.82, 2.24) is 20.3 Å². The predicted octanol–water partition coefficient (Wildman–Crippen LogP) is 4.45. The molecule has 6 nitrogen and oxygen atoms in total. The van der Waals surface area contributed by atoms with Crippen LogP contribution in [0.5, 0.6) is 0 Å². The topological polar surface area (TPSA) is 80.9 Å². The summed E-state index contributed by atoms with van der Waals surface area (Å²) in [6, 6.07) is 13.7. The van der Waals surface area contributed by atoms with E-state index in [9.17, 15) is 4.79 Å². The number of nitrogens with zero attached hydrogens (tertiary/aromatic N) is 3. The minimum Gasteiger partial charge on any atom is -0.444 e. The fourth-order valence-corrected chi connectivity index (χ4v) is 3.80. The van der Waals surface area contributed by atoms with Gasteiger partial charge in [0.15, 0.2) is 0 Å². The Balaban J connectivity index is 1.36. The number of hydrogen-bond donors (Lipinski definition) is 1. The monoisotopic (exact) mass is 404 g/mol. The molecular weight excluding hydrogens is 384 g/mol. The van der Waals surface area contributed by atoms with Crippen molar-refractivity contribution in [2.75, 3.05) is 6.54 Å². The van der Waals surface area contributed by atoms with Crippen molar-refractivity contribution in [2.24, 2.45) is 0 Å². The van der Waals surface area contributed by atoms with Crippen LogP contribution in [0.4, 0.5) is 0 Å². The third kappa shape index (κ3) is 4.41. The Morgan fingerprint density at radius 3 is 2.69 bits per heavy atom. The number of aromatic nitrogens is 3. The molecule has 0 bridgehead atoms. The van der Waals surface area contributed by atoms with Crippen LogP contribution in [0.15, 0.2) is 59.3 Å². The molecule has 0 spiro atoms. The van der Waals surface area contributed by atoms with Crippen molar-refractivity contribution in [1.29, 1.82) is 0 Å². The molecule has 146 valence electrons. The van der Waals surface area contributed by atoms with E-state index in [1.54, 1.807) is 12.5 Å². The molecule has 0 radical (unpaired) electrons. The molecule has 0 saturated carbocycles. The zero-order chi connectivity index (χ0) is 20.2. The number of oxazole rings is 1. The van der Waals surface area contributed by atoms with Crippen LogP contribution in [0.3, 0.4) is 0 Å². The zero-order valence-electron chi connectivity index (χ0n) is 16.2. The van der Waals surface area contributed by atoms with Crippen LogP contribution in [-0.2, 0) is 6.42 Å². The first-order valence-electron chi connectivity index (χ1n) is 9.28. The molecule has 4 aromatic rings. The number of nitrogens with one attached hydrogen (secondary N) is 1. The summed E-state index contributed by atoms with van der Waals surface area (Å²) in [4.78, 5) is 26.4. The molecule has 0 atom stereocenters. The van der Waals surface area contributed by atoms with Crippen molar-refractivity contribution in [3.8, 4) is 22.2 Å². The Morgan fingerprint density at radius 2 is 1.93 bits per heavy atom. The second-order valence-corrected chi connectivity index (χ2v) is 7.66. The van der Waals surface area contributed by atoms with Gasteiger partial charge in [0.2, 0.25) is 5.89 Å². The Bertz CT molecular complexity index is 1120. The van der Waals surface area contributed by atoms with Gasteiger partial charge in [0.25, 0.3) is 5.91 Å². The van der Waals surface area contributed by atoms with Crippen LogP contribution < -0.4 is 5.32 Å². The molecule has 0 aliphatic carbocycles. The van der Waals surface area contributed by atoms with E-state index >= 15 is 0 Å². The molecule has 29 heavy (non-hydrogen) atoms. The maximum Gasteiger partial charge on any atom is 0.263 e. The van der Waals surface area contributed by atoms with E-state index in [2.05, 4.69) is 20.3 Å². The second kappa shape index (κ2) is 8.36. The van der Waals surface area contributed by atoms with Crippen LogP contribution in [-0.4, -0.2) is 27.4 Å². The predicted molar refractivity (Wildman–Crippen MR) is 113 cm³/mol. The van der Waals surface area contributed by atoms with Gasteiger partial charge in [-0.3, -0.25) is 9.78 Å². The Hall–Kier alpha value is -3.32. The molecule has 3 aromatic heterocycles. The van der Waals surface area contributed by atoms with Gasteiger partial charge in [0.1, 0.15) is 16.1 Å². The highest BCUT2D eigenvalue weighted by atomic mass is 32.1. The van der Waals surface area contributed by atoms with Crippen LogP contribution in [0.25, 0.3) is 22.2 Å². The van der Waals surface area contributed by atoms with E-state index in [0.29, 0.717) is 29.4 Å². The van der Waals surface area contributed by atoms with Crippen molar-refractivity contribution < 1.29 is 9.21 Å². The summed E-state index contributed by atoms with van der Waals surface area (Å²) in [7, 11) is 0. The van der Waals surface area contributed by atoms with Gasteiger partial charge in [-0.25, -0.2) is 9.97 Å². The number of benzene rings is 1. The molecule has 1 amide bonds. The summed E-state index contributed by atoms with van der Waals surface area (Å²) in [6.45, 7) is 4.34. The van der Waals surface area contributed by atoms with Crippen LogP contribution in [0.2, 0.25) is 0 Å². The fourth-order valence-electron chi connectivity index (χ4n) is 2.84. The number of hydrogen-bond acceptors (Lipinski definition) is 6. The lowest BCUT2D eigenvalue weighted by Gasteiger charge is -2.02. The number of rotatable bonds is 6. The Morgan fingerprint density at radius 1 is 1.10 bits per heavy atom. The van der Waals surface area contributed by atoms with E-state index < -0.39 is 0 Å². The molecular formula is C22H20N4O2S. The van der Waals surface area contributed by atoms with E-state index in [-0.39, 0.29) is 5.91 Å². The average Bonchev–Trinajstić information content (AvgIpc) is 3.36. The summed E-state index contributed by atoms with van der Waals surface area (Å²) in [5.74, 6) is 0.453. The lowest BCUT2D eigenvalue weighted by Crippen LogP contribution is -2.25. The number of aryl methyl sites for hydroxylation is 2. The maximum atomic E-state index is 12.6. The maximum absolute atomic E-state index is 12.6. The normalized spacial score (nSPS) is 10.8. The van der Waals surface area contributed by atoms with Crippen molar-refractivity contribution in [3.05, 3.63) is 76.8 Å². The summed E-state index contributed by atoms with van der Waals surface area (Å²) in [6.07, 6.45) is 3.94. The minimum atomic E-state index is -0.135. The molecule has 3 heterocycles. The average molecular weight is 404 g/mol. The van der Waals surface area contributed by atoms with Gasteiger partial charge in [-0.15, -0.1) is 11.3 Å². The van der Waals surface area contributed by atoms with E-state index in [1.165, 1.54) is 16.9 Å². The zero-order valence-corrected chi connectivity index (χ0v) is 17.0. The molecule has 0 saturated heterocycles. The van der Waals surface area contributed by atoms with Gasteiger partial charge < -0.3 is 9.73 Å². The molecule has 1 aromatic carbocycles. The molecule has 0 aliphatic rings. The van der Waals surface area contributed by atoms with Gasteiger partial charge in [-0.2, -0.15) is 0 Å². The molecule has 0 aliphatic heterocycles. The highest BCUT2D eigenvalue weighted by molar-refractivity contribution is 7.17. The third-order valence-corrected chi connectivity index (χ3v) is 5.58. The first-order chi connectivity index (χ1) is 14.1. The second-order valence-electron chi connectivity index (χ2n) is 6.66. The van der Waals surface area contributed by atoms with E-state index in [1.807, 2.05) is 56.3 Å². The number of carbonyl (C=O) groups excluding carboxylic acids is 1. The van der Waals surface area contributed by atoms with Crippen LogP contribution in [0, 0.1) is 13.8 Å². The van der Waals surface area contributed by atoms with Crippen molar-refractivity contribution >= 4 is 17.2 Å². The quantitative estimate of drug-likeness (QED) is 0.513. The Labute approximate surface area is 172 Å². The van der Waals surface area contributed by atoms with Gasteiger partial charge in [-0.05, 0) is 38.1 Å². The van der Waals surface area contributed by atoms with Gasteiger partial charge in [0.05, 0.1) is 17.1 Å². The van der Waals surface area contributed by atoms with Gasteiger partial charge >= 0.3 is 0 Å². The Kier molecular flexibility index (Phi) is 5.48. The van der Waals surface area contributed by atoms with E-state index in [0.717, 1.165) is 22.0 Å². The van der Waals surface area contributed by atoms with Crippen LogP contribution >= 0.6 is 11.3 Å². The lowest BCUT2D eigenvalue weighted by molar-refractivity contribution is 0.0957. The first-order valence-corrected chi connectivity index (χ1v) is 10.1. The smallest absolute Gasteiger partial charge is 0.263 e. The fraction of sp³-hybridized carbons (Fsp3) is 0.182. The summed E-state index contributed by atoms with van der Waals surface area (Å²) >= 11 is 1.35. The highest BCUT2D eigenvalue weighted by Gasteiger charge is 2.16. The highest BCUT2D eigenvalue weighted by Crippen LogP contribution is 2.26. The van der Waals surface area contributed by atoms with Crippen molar-refractivity contribution in [3.63, 3.8) is 0 Å². The minimum absolute atomic E-state index is 0.135. The third-order valence-electron chi connectivity index (χ3n) is 4.40. The van der Waals surface area contributed by atoms with Crippen LogP contribution in [0.1, 0.15) is 26.6 Å². The number of pyridine rings is 1. The summed E-state index contributed by atoms with van der Waals surface area (Å²) in [5.41, 5.74) is 4.40. The molecule has 4 rings (SSSR count). The van der Waals surface area contributed by atoms with Gasteiger partial charge in [-0.1, -0.05) is 23.8 Å². The number of thiazole rings is 1. The summed E-state index contributed by atoms with van der Waals surface area (Å²) in [5, 5.41) is 3.68. The lowest BCUT2D eigenvalue weighted by atomic mass is 10.1. The van der Waals surface area contributed by atoms with Gasteiger partial charge in [0, 0.05) is 24.7 Å². The molecule has 0 fully saturated rings. The standard InChI is InChI=1S/C22H20N4O2S/c1-14-6-8-16(9-7-14)21-26-17(13-28-21)10-12-24-20(27)19-15(2)25-22(29-19)18-5-3-4-11-23-18/h3-9,11,13H,10,12H2,1-2H3,(H,24,27). The SMILES string of the molecule is Cc1ccc(-c2nc(CCNC(=O)c3sc(-c4ccccn4)nc3C)co2)cc1. The largest absolute Gasteiger partial charge is 0.444 e. The number of amides is 1. The molecule has 1 N–H and O–H groups in total.